The molecule has 0 saturated carbocycles. The molecule has 1 N–H and O–H groups in total. The van der Waals surface area contributed by atoms with E-state index in [4.69, 9.17) is 10.7 Å². The quantitative estimate of drug-likeness (QED) is 0.590. The van der Waals surface area contributed by atoms with Crippen LogP contribution in [0.25, 0.3) is 0 Å². The molecule has 1 rings (SSSR count). The molecule has 0 aromatic carbocycles. The first-order valence-corrected chi connectivity index (χ1v) is 5.08. The first kappa shape index (κ1) is 9.08. The molecular weight excluding hydrogens is 206 g/mol. The van der Waals surface area contributed by atoms with Gasteiger partial charge in [0.05, 0.1) is 0 Å². The van der Waals surface area contributed by atoms with E-state index in [0.717, 1.165) is 12.3 Å². The van der Waals surface area contributed by atoms with Crippen LogP contribution in [0.15, 0.2) is 21.6 Å². The summed E-state index contributed by atoms with van der Waals surface area (Å²) in [7, 11) is 1.19. The van der Waals surface area contributed by atoms with Gasteiger partial charge in [-0.3, -0.25) is 10.1 Å². The van der Waals surface area contributed by atoms with Crippen LogP contribution in [0.4, 0.5) is 5.88 Å². The summed E-state index contributed by atoms with van der Waals surface area (Å²) < 4.78 is 25.9. The molecule has 7 heteroatoms. The molecule has 0 aliphatic heterocycles. The fourth-order valence-electron chi connectivity index (χ4n) is 0.580. The smallest absolute Gasteiger partial charge is 0.264 e. The Labute approximate surface area is 72.7 Å². The first-order valence-electron chi connectivity index (χ1n) is 2.77. The molecular formula is C5H4ClNO4S. The molecule has 0 spiro atoms. The van der Waals surface area contributed by atoms with Gasteiger partial charge in [-0.2, -0.15) is 0 Å². The number of rotatable bonds is 3. The van der Waals surface area contributed by atoms with Gasteiger partial charge in [-0.15, -0.1) is 0 Å². The lowest BCUT2D eigenvalue weighted by atomic mass is 10.6. The van der Waals surface area contributed by atoms with Crippen LogP contribution >= 0.6 is 10.7 Å². The third-order valence-electron chi connectivity index (χ3n) is 1.06. The molecule has 5 nitrogen and oxygen atoms in total. The predicted molar refractivity (Wildman–Crippen MR) is 41.4 cm³/mol. The van der Waals surface area contributed by atoms with Gasteiger partial charge < -0.3 is 4.42 Å². The number of furan rings is 1. The Hall–Kier alpha value is -1.01. The minimum absolute atomic E-state index is 0.0317. The minimum atomic E-state index is -3.78. The predicted octanol–water partition coefficient (Wildman–Crippen LogP) is 0.775. The van der Waals surface area contributed by atoms with E-state index in [-0.39, 0.29) is 10.8 Å². The van der Waals surface area contributed by atoms with Crippen molar-refractivity contribution < 1.29 is 17.6 Å². The highest BCUT2D eigenvalue weighted by Crippen LogP contribution is 2.20. The molecule has 66 valence electrons. The maximum Gasteiger partial charge on any atom is 0.264 e. The van der Waals surface area contributed by atoms with E-state index < -0.39 is 9.05 Å². The molecule has 0 fully saturated rings. The number of halogens is 1. The Bertz CT molecular complexity index is 382. The van der Waals surface area contributed by atoms with Crippen molar-refractivity contribution in [3.05, 3.63) is 12.3 Å². The molecule has 12 heavy (non-hydrogen) atoms. The SMILES string of the molecule is O=CNc1cc(S(=O)(=O)Cl)co1. The van der Waals surface area contributed by atoms with E-state index in [1.165, 1.54) is 0 Å². The molecule has 0 radical (unpaired) electrons. The van der Waals surface area contributed by atoms with Gasteiger partial charge in [0.15, 0.2) is 5.88 Å². The lowest BCUT2D eigenvalue weighted by molar-refractivity contribution is -0.105. The summed E-state index contributed by atoms with van der Waals surface area (Å²) in [5.41, 5.74) is 0. The van der Waals surface area contributed by atoms with E-state index in [0.29, 0.717) is 6.41 Å². The maximum absolute atomic E-state index is 10.6. The molecule has 0 atom stereocenters. The van der Waals surface area contributed by atoms with Gasteiger partial charge in [-0.1, -0.05) is 0 Å². The van der Waals surface area contributed by atoms with Crippen molar-refractivity contribution in [1.29, 1.82) is 0 Å². The fraction of sp³-hybridized carbons (Fsp3) is 0. The second-order valence-electron chi connectivity index (χ2n) is 1.85. The zero-order chi connectivity index (χ0) is 9.19. The lowest BCUT2D eigenvalue weighted by Gasteiger charge is -1.85. The fourth-order valence-corrected chi connectivity index (χ4v) is 1.23. The maximum atomic E-state index is 10.6. The van der Waals surface area contributed by atoms with E-state index >= 15 is 0 Å². The average Bonchev–Trinajstić information content (AvgIpc) is 2.35. The van der Waals surface area contributed by atoms with Gasteiger partial charge in [0, 0.05) is 16.7 Å². The van der Waals surface area contributed by atoms with Gasteiger partial charge in [0.1, 0.15) is 11.2 Å². The normalized spacial score (nSPS) is 11.1. The van der Waals surface area contributed by atoms with Gasteiger partial charge in [-0.25, -0.2) is 8.42 Å². The lowest BCUT2D eigenvalue weighted by Crippen LogP contribution is -1.91. The van der Waals surface area contributed by atoms with Crippen LogP contribution in [0.2, 0.25) is 0 Å². The zero-order valence-electron chi connectivity index (χ0n) is 5.65. The van der Waals surface area contributed by atoms with Crippen LogP contribution in [0.3, 0.4) is 0 Å². The van der Waals surface area contributed by atoms with Crippen LogP contribution < -0.4 is 5.32 Å². The highest BCUT2D eigenvalue weighted by atomic mass is 35.7. The summed E-state index contributed by atoms with van der Waals surface area (Å²) >= 11 is 0. The third kappa shape index (κ3) is 1.99. The van der Waals surface area contributed by atoms with Crippen molar-refractivity contribution in [2.75, 3.05) is 5.32 Å². The van der Waals surface area contributed by atoms with Gasteiger partial charge in [0.25, 0.3) is 9.05 Å². The average molecular weight is 210 g/mol. The summed E-state index contributed by atoms with van der Waals surface area (Å²) in [4.78, 5) is 9.69. The molecule has 0 aliphatic rings. The molecule has 1 aromatic rings. The highest BCUT2D eigenvalue weighted by molar-refractivity contribution is 8.13. The van der Waals surface area contributed by atoms with Crippen molar-refractivity contribution in [3.63, 3.8) is 0 Å². The van der Waals surface area contributed by atoms with E-state index in [9.17, 15) is 13.2 Å². The highest BCUT2D eigenvalue weighted by Gasteiger charge is 2.13. The third-order valence-corrected chi connectivity index (χ3v) is 2.37. The molecule has 1 heterocycles. The summed E-state index contributed by atoms with van der Waals surface area (Å²) in [5, 5.41) is 2.13. The number of hydrogen-bond acceptors (Lipinski definition) is 4. The Morgan fingerprint density at radius 3 is 2.67 bits per heavy atom. The first-order chi connectivity index (χ1) is 5.54. The van der Waals surface area contributed by atoms with E-state index in [1.54, 1.807) is 0 Å². The number of hydrogen-bond donors (Lipinski definition) is 1. The molecule has 0 aliphatic carbocycles. The number of amides is 1. The summed E-state index contributed by atoms with van der Waals surface area (Å²) in [6, 6.07) is 1.11. The van der Waals surface area contributed by atoms with Gasteiger partial charge in [-0.05, 0) is 0 Å². The minimum Gasteiger partial charge on any atom is -0.447 e. The number of anilines is 1. The van der Waals surface area contributed by atoms with Crippen LogP contribution in [0.5, 0.6) is 0 Å². The molecule has 0 bridgehead atoms. The number of carbonyl (C=O) groups excluding carboxylic acids is 1. The van der Waals surface area contributed by atoms with Gasteiger partial charge >= 0.3 is 0 Å². The van der Waals surface area contributed by atoms with Crippen LogP contribution in [0.1, 0.15) is 0 Å². The Morgan fingerprint density at radius 1 is 1.58 bits per heavy atom. The van der Waals surface area contributed by atoms with Crippen LogP contribution in [-0.2, 0) is 13.8 Å². The van der Waals surface area contributed by atoms with Crippen molar-refractivity contribution in [3.8, 4) is 0 Å². The largest absolute Gasteiger partial charge is 0.447 e. The molecule has 1 aromatic heterocycles. The molecule has 0 saturated heterocycles. The summed E-state index contributed by atoms with van der Waals surface area (Å²) in [6.07, 6.45) is 1.30. The van der Waals surface area contributed by atoms with Crippen molar-refractivity contribution in [2.24, 2.45) is 0 Å². The van der Waals surface area contributed by atoms with Crippen LogP contribution in [0, 0.1) is 0 Å². The van der Waals surface area contributed by atoms with Crippen molar-refractivity contribution in [2.45, 2.75) is 4.90 Å². The van der Waals surface area contributed by atoms with Crippen molar-refractivity contribution in [1.82, 2.24) is 0 Å². The summed E-state index contributed by atoms with van der Waals surface area (Å²) in [6.45, 7) is 0. The standard InChI is InChI=1S/C5H4ClNO4S/c6-12(9,10)4-1-5(7-3-8)11-2-4/h1-3H,(H,7,8). The molecule has 1 amide bonds. The second-order valence-corrected chi connectivity index (χ2v) is 4.41. The Balaban J connectivity index is 2.99. The number of nitrogens with one attached hydrogen (secondary N) is 1. The van der Waals surface area contributed by atoms with Crippen LogP contribution in [-0.4, -0.2) is 14.8 Å². The van der Waals surface area contributed by atoms with E-state index in [2.05, 4.69) is 9.73 Å². The zero-order valence-corrected chi connectivity index (χ0v) is 7.22. The van der Waals surface area contributed by atoms with Crippen molar-refractivity contribution >= 4 is 32.0 Å². The second kappa shape index (κ2) is 3.16. The van der Waals surface area contributed by atoms with E-state index in [1.807, 2.05) is 0 Å². The monoisotopic (exact) mass is 209 g/mol. The molecule has 0 unspecified atom stereocenters. The Kier molecular flexibility index (Phi) is 2.39. The topological polar surface area (TPSA) is 76.4 Å². The Morgan fingerprint density at radius 2 is 2.25 bits per heavy atom. The van der Waals surface area contributed by atoms with Gasteiger partial charge in [0.2, 0.25) is 6.41 Å². The summed E-state index contributed by atoms with van der Waals surface area (Å²) in [5.74, 6) is 0.0317. The number of carbonyl (C=O) groups is 1.